The smallest absolute Gasteiger partial charge is 0.290 e. The quantitative estimate of drug-likeness (QED) is 0.592. The number of carbonyl (C=O) groups is 1. The van der Waals surface area contributed by atoms with Crippen molar-refractivity contribution in [2.75, 3.05) is 26.2 Å². The summed E-state index contributed by atoms with van der Waals surface area (Å²) in [6.45, 7) is 5.06. The Labute approximate surface area is 187 Å². The van der Waals surface area contributed by atoms with E-state index in [-0.39, 0.29) is 5.91 Å². The Bertz CT molecular complexity index is 1040. The van der Waals surface area contributed by atoms with Crippen LogP contribution in [-0.4, -0.2) is 56.7 Å². The van der Waals surface area contributed by atoms with E-state index < -0.39 is 0 Å². The van der Waals surface area contributed by atoms with Crippen LogP contribution >= 0.6 is 0 Å². The number of furan rings is 1. The molecule has 168 valence electrons. The molecule has 0 aliphatic carbocycles. The predicted octanol–water partition coefficient (Wildman–Crippen LogP) is 3.13. The molecule has 2 aromatic heterocycles. The van der Waals surface area contributed by atoms with Crippen LogP contribution in [0, 0.1) is 0 Å². The Balaban J connectivity index is 1.16. The molecule has 8 heteroatoms. The molecule has 4 heterocycles. The van der Waals surface area contributed by atoms with Crippen molar-refractivity contribution in [2.24, 2.45) is 0 Å². The molecule has 2 aliphatic heterocycles. The molecule has 1 amide bonds. The van der Waals surface area contributed by atoms with Gasteiger partial charge in [-0.15, -0.1) is 10.2 Å². The standard InChI is InChI=1S/C24H29N5O3/c30-24(23-19(10-16-31-23)18-32-20-7-3-1-4-8-20)28-14-12-27(13-15-28)17-22-26-25-21-9-5-2-6-11-29(21)22/h1,3-4,7-8,10,16H,2,5-6,9,11-15,17-18H2. The van der Waals surface area contributed by atoms with Crippen LogP contribution in [-0.2, 0) is 26.1 Å². The maximum absolute atomic E-state index is 13.1. The van der Waals surface area contributed by atoms with Gasteiger partial charge in [0.05, 0.1) is 12.8 Å². The van der Waals surface area contributed by atoms with Crippen molar-refractivity contribution >= 4 is 5.91 Å². The minimum Gasteiger partial charge on any atom is -0.489 e. The fraction of sp³-hybridized carbons (Fsp3) is 0.458. The number of aryl methyl sites for hydroxylation is 1. The first kappa shape index (κ1) is 20.8. The van der Waals surface area contributed by atoms with E-state index in [1.54, 1.807) is 6.26 Å². The van der Waals surface area contributed by atoms with E-state index in [0.29, 0.717) is 25.5 Å². The van der Waals surface area contributed by atoms with Crippen LogP contribution in [0.15, 0.2) is 47.1 Å². The molecule has 32 heavy (non-hydrogen) atoms. The lowest BCUT2D eigenvalue weighted by atomic mass is 10.2. The number of benzene rings is 1. The van der Waals surface area contributed by atoms with E-state index in [2.05, 4.69) is 19.7 Å². The highest BCUT2D eigenvalue weighted by atomic mass is 16.5. The monoisotopic (exact) mass is 435 g/mol. The van der Waals surface area contributed by atoms with Gasteiger partial charge in [0, 0.05) is 44.7 Å². The van der Waals surface area contributed by atoms with E-state index in [0.717, 1.165) is 55.6 Å². The molecular weight excluding hydrogens is 406 g/mol. The first-order valence-corrected chi connectivity index (χ1v) is 11.4. The van der Waals surface area contributed by atoms with Gasteiger partial charge in [-0.25, -0.2) is 0 Å². The maximum atomic E-state index is 13.1. The summed E-state index contributed by atoms with van der Waals surface area (Å²) in [5.41, 5.74) is 0.771. The lowest BCUT2D eigenvalue weighted by Crippen LogP contribution is -2.48. The Kier molecular flexibility index (Phi) is 6.20. The zero-order valence-electron chi connectivity index (χ0n) is 18.3. The number of hydrogen-bond donors (Lipinski definition) is 0. The maximum Gasteiger partial charge on any atom is 0.290 e. The number of hydrogen-bond acceptors (Lipinski definition) is 6. The summed E-state index contributed by atoms with van der Waals surface area (Å²) in [5.74, 6) is 3.24. The van der Waals surface area contributed by atoms with Gasteiger partial charge in [-0.05, 0) is 31.0 Å². The van der Waals surface area contributed by atoms with Crippen molar-refractivity contribution in [3.63, 3.8) is 0 Å². The third kappa shape index (κ3) is 4.55. The van der Waals surface area contributed by atoms with E-state index in [1.807, 2.05) is 41.3 Å². The Morgan fingerprint density at radius 1 is 0.969 bits per heavy atom. The largest absolute Gasteiger partial charge is 0.489 e. The van der Waals surface area contributed by atoms with Gasteiger partial charge in [0.15, 0.2) is 5.76 Å². The summed E-state index contributed by atoms with van der Waals surface area (Å²) in [6, 6.07) is 11.4. The molecule has 2 aliphatic rings. The van der Waals surface area contributed by atoms with Crippen LogP contribution in [0.2, 0.25) is 0 Å². The Morgan fingerprint density at radius 2 is 1.81 bits per heavy atom. The topological polar surface area (TPSA) is 76.6 Å². The molecule has 0 radical (unpaired) electrons. The molecule has 0 atom stereocenters. The van der Waals surface area contributed by atoms with E-state index in [4.69, 9.17) is 9.15 Å². The molecule has 1 saturated heterocycles. The van der Waals surface area contributed by atoms with Gasteiger partial charge in [0.25, 0.3) is 5.91 Å². The summed E-state index contributed by atoms with van der Waals surface area (Å²) < 4.78 is 13.7. The minimum absolute atomic E-state index is 0.0716. The normalized spacial score (nSPS) is 17.1. The van der Waals surface area contributed by atoms with E-state index in [1.165, 1.54) is 19.3 Å². The fourth-order valence-electron chi connectivity index (χ4n) is 4.43. The predicted molar refractivity (Wildman–Crippen MR) is 118 cm³/mol. The lowest BCUT2D eigenvalue weighted by Gasteiger charge is -2.34. The number of carbonyl (C=O) groups excluding carboxylic acids is 1. The van der Waals surface area contributed by atoms with Crippen LogP contribution in [0.4, 0.5) is 0 Å². The third-order valence-corrected chi connectivity index (χ3v) is 6.29. The Morgan fingerprint density at radius 3 is 2.66 bits per heavy atom. The van der Waals surface area contributed by atoms with Crippen LogP contribution in [0.1, 0.15) is 47.0 Å². The molecule has 5 rings (SSSR count). The van der Waals surface area contributed by atoms with Gasteiger partial charge >= 0.3 is 0 Å². The lowest BCUT2D eigenvalue weighted by molar-refractivity contribution is 0.0590. The molecule has 0 saturated carbocycles. The number of ether oxygens (including phenoxy) is 1. The molecular formula is C24H29N5O3. The van der Waals surface area contributed by atoms with E-state index >= 15 is 0 Å². The van der Waals surface area contributed by atoms with Gasteiger partial charge in [0.1, 0.15) is 24.0 Å². The molecule has 0 bridgehead atoms. The van der Waals surface area contributed by atoms with Crippen molar-refractivity contribution in [2.45, 2.75) is 45.4 Å². The van der Waals surface area contributed by atoms with Crippen molar-refractivity contribution < 1.29 is 13.9 Å². The van der Waals surface area contributed by atoms with Crippen LogP contribution in [0.25, 0.3) is 0 Å². The minimum atomic E-state index is -0.0716. The fourth-order valence-corrected chi connectivity index (χ4v) is 4.43. The second-order valence-electron chi connectivity index (χ2n) is 8.44. The highest BCUT2D eigenvalue weighted by Crippen LogP contribution is 2.20. The van der Waals surface area contributed by atoms with E-state index in [9.17, 15) is 4.79 Å². The summed E-state index contributed by atoms with van der Waals surface area (Å²) >= 11 is 0. The molecule has 0 N–H and O–H groups in total. The SMILES string of the molecule is O=C(c1occc1COc1ccccc1)N1CCN(Cc2nnc3n2CCCCC3)CC1. The number of nitrogens with zero attached hydrogens (tertiary/aromatic N) is 5. The van der Waals surface area contributed by atoms with Crippen molar-refractivity contribution in [1.82, 2.24) is 24.6 Å². The molecule has 3 aromatic rings. The van der Waals surface area contributed by atoms with Gasteiger partial charge in [0.2, 0.25) is 0 Å². The second-order valence-corrected chi connectivity index (χ2v) is 8.44. The van der Waals surface area contributed by atoms with Crippen molar-refractivity contribution in [3.05, 3.63) is 65.6 Å². The number of piperazine rings is 1. The summed E-state index contributed by atoms with van der Waals surface area (Å²) in [5, 5.41) is 8.85. The molecule has 1 aromatic carbocycles. The third-order valence-electron chi connectivity index (χ3n) is 6.29. The molecule has 0 unspecified atom stereocenters. The van der Waals surface area contributed by atoms with Crippen LogP contribution < -0.4 is 4.74 Å². The highest BCUT2D eigenvalue weighted by Gasteiger charge is 2.27. The number of para-hydroxylation sites is 1. The first-order chi connectivity index (χ1) is 15.8. The second kappa shape index (κ2) is 9.56. The van der Waals surface area contributed by atoms with Gasteiger partial charge in [-0.2, -0.15) is 0 Å². The molecule has 8 nitrogen and oxygen atoms in total. The summed E-state index contributed by atoms with van der Waals surface area (Å²) in [4.78, 5) is 17.3. The summed E-state index contributed by atoms with van der Waals surface area (Å²) in [7, 11) is 0. The van der Waals surface area contributed by atoms with Gasteiger partial charge in [-0.3, -0.25) is 9.69 Å². The van der Waals surface area contributed by atoms with Crippen LogP contribution in [0.5, 0.6) is 5.75 Å². The van der Waals surface area contributed by atoms with Crippen LogP contribution in [0.3, 0.4) is 0 Å². The van der Waals surface area contributed by atoms with Crippen molar-refractivity contribution in [1.29, 1.82) is 0 Å². The number of fused-ring (bicyclic) bond motifs is 1. The highest BCUT2D eigenvalue weighted by molar-refractivity contribution is 5.93. The summed E-state index contributed by atoms with van der Waals surface area (Å²) in [6.07, 6.45) is 6.23. The number of aromatic nitrogens is 3. The first-order valence-electron chi connectivity index (χ1n) is 11.4. The molecule has 0 spiro atoms. The van der Waals surface area contributed by atoms with Crippen molar-refractivity contribution in [3.8, 4) is 5.75 Å². The van der Waals surface area contributed by atoms with Gasteiger partial charge in [-0.1, -0.05) is 24.6 Å². The molecule has 1 fully saturated rings. The number of rotatable bonds is 6. The Hall–Kier alpha value is -3.13. The number of amides is 1. The zero-order chi connectivity index (χ0) is 21.8. The average Bonchev–Trinajstić information content (AvgIpc) is 3.38. The average molecular weight is 436 g/mol. The van der Waals surface area contributed by atoms with Gasteiger partial charge < -0.3 is 18.6 Å². The zero-order valence-corrected chi connectivity index (χ0v) is 18.3.